The zero-order valence-corrected chi connectivity index (χ0v) is 13.2. The van der Waals surface area contributed by atoms with E-state index in [0.29, 0.717) is 0 Å². The Labute approximate surface area is 125 Å². The van der Waals surface area contributed by atoms with Gasteiger partial charge in [0, 0.05) is 15.0 Å². The molecule has 96 valence electrons. The highest BCUT2D eigenvalue weighted by Crippen LogP contribution is 2.22. The average molecular weight is 373 g/mol. The zero-order valence-electron chi connectivity index (χ0n) is 10.2. The number of nitrogens with one attached hydrogen (secondary N) is 1. The van der Waals surface area contributed by atoms with Crippen molar-refractivity contribution in [2.75, 3.05) is 6.61 Å². The topological polar surface area (TPSA) is 32.3 Å². The van der Waals surface area contributed by atoms with Crippen molar-refractivity contribution in [3.05, 3.63) is 55.8 Å². The van der Waals surface area contributed by atoms with Crippen LogP contribution in [0, 0.1) is 3.57 Å². The Bertz CT molecular complexity index is 483. The number of hydrogen-bond donors (Lipinski definition) is 2. The van der Waals surface area contributed by atoms with Gasteiger partial charge in [-0.15, -0.1) is 11.3 Å². The second-order valence-electron chi connectivity index (χ2n) is 4.43. The summed E-state index contributed by atoms with van der Waals surface area (Å²) in [6.07, 6.45) is 0. The summed E-state index contributed by atoms with van der Waals surface area (Å²) in [5.74, 6) is 0. The molecule has 18 heavy (non-hydrogen) atoms. The number of hydrogen-bond acceptors (Lipinski definition) is 3. The van der Waals surface area contributed by atoms with Gasteiger partial charge >= 0.3 is 0 Å². The molecular formula is C14H16INOS. The van der Waals surface area contributed by atoms with Crippen molar-refractivity contribution in [1.29, 1.82) is 0 Å². The Kier molecular flexibility index (Phi) is 4.77. The van der Waals surface area contributed by atoms with Crippen molar-refractivity contribution >= 4 is 33.9 Å². The highest BCUT2D eigenvalue weighted by Gasteiger charge is 2.24. The molecule has 0 fully saturated rings. The Balaban J connectivity index is 2.12. The van der Waals surface area contributed by atoms with Crippen molar-refractivity contribution in [3.63, 3.8) is 0 Å². The summed E-state index contributed by atoms with van der Waals surface area (Å²) in [6, 6.07) is 12.4. The van der Waals surface area contributed by atoms with Crippen LogP contribution < -0.4 is 5.32 Å². The van der Waals surface area contributed by atoms with E-state index in [9.17, 15) is 5.11 Å². The van der Waals surface area contributed by atoms with Crippen LogP contribution in [-0.4, -0.2) is 11.7 Å². The Hall–Kier alpha value is -0.430. The van der Waals surface area contributed by atoms with Crippen LogP contribution in [0.1, 0.15) is 17.4 Å². The third kappa shape index (κ3) is 3.32. The van der Waals surface area contributed by atoms with E-state index in [1.807, 2.05) is 13.0 Å². The van der Waals surface area contributed by atoms with E-state index >= 15 is 0 Å². The largest absolute Gasteiger partial charge is 0.394 e. The van der Waals surface area contributed by atoms with E-state index < -0.39 is 5.54 Å². The second kappa shape index (κ2) is 6.14. The summed E-state index contributed by atoms with van der Waals surface area (Å²) in [6.45, 7) is 2.89. The molecule has 1 atom stereocenters. The molecule has 2 aromatic rings. The summed E-state index contributed by atoms with van der Waals surface area (Å²) < 4.78 is 1.20. The van der Waals surface area contributed by atoms with Crippen LogP contribution in [0.15, 0.2) is 41.8 Å². The van der Waals surface area contributed by atoms with Crippen LogP contribution in [0.5, 0.6) is 0 Å². The number of aliphatic hydroxyl groups excluding tert-OH is 1. The summed E-state index contributed by atoms with van der Waals surface area (Å²) in [4.78, 5) is 1.28. The van der Waals surface area contributed by atoms with E-state index in [1.54, 1.807) is 11.3 Å². The van der Waals surface area contributed by atoms with E-state index in [1.165, 1.54) is 8.45 Å². The summed E-state index contributed by atoms with van der Waals surface area (Å²) in [5.41, 5.74) is 0.718. The predicted molar refractivity (Wildman–Crippen MR) is 84.8 cm³/mol. The van der Waals surface area contributed by atoms with Crippen molar-refractivity contribution in [2.45, 2.75) is 19.0 Å². The summed E-state index contributed by atoms with van der Waals surface area (Å²) >= 11 is 4.01. The van der Waals surface area contributed by atoms with Gasteiger partial charge < -0.3 is 10.4 Å². The lowest BCUT2D eigenvalue weighted by molar-refractivity contribution is 0.174. The number of benzene rings is 1. The van der Waals surface area contributed by atoms with Crippen LogP contribution in [-0.2, 0) is 12.1 Å². The molecule has 0 radical (unpaired) electrons. The van der Waals surface area contributed by atoms with Crippen LogP contribution in [0.4, 0.5) is 0 Å². The molecule has 0 aliphatic rings. The fraction of sp³-hybridized carbons (Fsp3) is 0.286. The molecule has 2 rings (SSSR count). The van der Waals surface area contributed by atoms with Gasteiger partial charge in [-0.3, -0.25) is 0 Å². The van der Waals surface area contributed by atoms with Crippen LogP contribution >= 0.6 is 33.9 Å². The van der Waals surface area contributed by atoms with Crippen molar-refractivity contribution in [3.8, 4) is 0 Å². The Morgan fingerprint density at radius 1 is 1.28 bits per heavy atom. The first kappa shape index (κ1) is 14.0. The molecule has 0 aliphatic heterocycles. The van der Waals surface area contributed by atoms with Gasteiger partial charge in [-0.25, -0.2) is 0 Å². The molecule has 1 heterocycles. The second-order valence-corrected chi connectivity index (χ2v) is 6.71. The van der Waals surface area contributed by atoms with Gasteiger partial charge in [-0.1, -0.05) is 18.2 Å². The fourth-order valence-corrected chi connectivity index (χ4v) is 2.77. The molecule has 0 bridgehead atoms. The van der Waals surface area contributed by atoms with Crippen molar-refractivity contribution in [1.82, 2.24) is 5.32 Å². The molecule has 1 aromatic heterocycles. The molecule has 4 heteroatoms. The first-order valence-electron chi connectivity index (χ1n) is 5.78. The third-order valence-corrected chi connectivity index (χ3v) is 4.63. The normalized spacial score (nSPS) is 14.4. The predicted octanol–water partition coefficient (Wildman–Crippen LogP) is 3.35. The summed E-state index contributed by atoms with van der Waals surface area (Å²) in [5, 5.41) is 15.2. The molecular weight excluding hydrogens is 357 g/mol. The van der Waals surface area contributed by atoms with Gasteiger partial charge in [0.05, 0.1) is 12.1 Å². The standard InChI is InChI=1S/C14H16INOS/c1-14(10-17,11-4-6-12(15)7-5-11)16-9-13-3-2-8-18-13/h2-8,16-17H,9-10H2,1H3. The molecule has 0 aliphatic carbocycles. The molecule has 0 amide bonds. The monoisotopic (exact) mass is 373 g/mol. The maximum absolute atomic E-state index is 9.68. The Morgan fingerprint density at radius 3 is 2.56 bits per heavy atom. The van der Waals surface area contributed by atoms with Gasteiger partial charge in [-0.05, 0) is 58.7 Å². The van der Waals surface area contributed by atoms with Crippen molar-refractivity contribution < 1.29 is 5.11 Å². The lowest BCUT2D eigenvalue weighted by Crippen LogP contribution is -2.42. The molecule has 2 N–H and O–H groups in total. The molecule has 1 aromatic carbocycles. The van der Waals surface area contributed by atoms with Gasteiger partial charge in [0.25, 0.3) is 0 Å². The fourth-order valence-electron chi connectivity index (χ4n) is 1.76. The minimum absolute atomic E-state index is 0.0823. The van der Waals surface area contributed by atoms with Gasteiger partial charge in [0.1, 0.15) is 0 Å². The summed E-state index contributed by atoms with van der Waals surface area (Å²) in [7, 11) is 0. The maximum atomic E-state index is 9.68. The molecule has 2 nitrogen and oxygen atoms in total. The van der Waals surface area contributed by atoms with Crippen LogP contribution in [0.3, 0.4) is 0 Å². The van der Waals surface area contributed by atoms with Gasteiger partial charge in [-0.2, -0.15) is 0 Å². The van der Waals surface area contributed by atoms with E-state index in [4.69, 9.17) is 0 Å². The first-order valence-corrected chi connectivity index (χ1v) is 7.74. The van der Waals surface area contributed by atoms with Crippen LogP contribution in [0.2, 0.25) is 0 Å². The van der Waals surface area contributed by atoms with Crippen molar-refractivity contribution in [2.24, 2.45) is 0 Å². The minimum Gasteiger partial charge on any atom is -0.394 e. The quantitative estimate of drug-likeness (QED) is 0.788. The van der Waals surface area contributed by atoms with Gasteiger partial charge in [0.2, 0.25) is 0 Å². The third-order valence-electron chi connectivity index (χ3n) is 3.03. The molecule has 0 saturated carbocycles. The SMILES string of the molecule is CC(CO)(NCc1cccs1)c1ccc(I)cc1. The van der Waals surface area contributed by atoms with E-state index in [-0.39, 0.29) is 6.61 Å². The molecule has 0 saturated heterocycles. The van der Waals surface area contributed by atoms with E-state index in [0.717, 1.165) is 12.1 Å². The molecule has 0 spiro atoms. The highest BCUT2D eigenvalue weighted by molar-refractivity contribution is 14.1. The lowest BCUT2D eigenvalue weighted by atomic mass is 9.93. The minimum atomic E-state index is -0.395. The van der Waals surface area contributed by atoms with Crippen LogP contribution in [0.25, 0.3) is 0 Å². The van der Waals surface area contributed by atoms with Gasteiger partial charge in [0.15, 0.2) is 0 Å². The first-order chi connectivity index (χ1) is 8.64. The maximum Gasteiger partial charge on any atom is 0.0652 e. The highest BCUT2D eigenvalue weighted by atomic mass is 127. The zero-order chi connectivity index (χ0) is 13.0. The molecule has 1 unspecified atom stereocenters. The number of halogens is 1. The van der Waals surface area contributed by atoms with E-state index in [2.05, 4.69) is 63.6 Å². The number of thiophene rings is 1. The average Bonchev–Trinajstić information content (AvgIpc) is 2.90. The number of aliphatic hydroxyl groups is 1. The smallest absolute Gasteiger partial charge is 0.0652 e. The lowest BCUT2D eigenvalue weighted by Gasteiger charge is -2.29. The Morgan fingerprint density at radius 2 is 2.00 bits per heavy atom. The number of rotatable bonds is 5.